The molecular weight excluding hydrogens is 378 g/mol. The van der Waals surface area contributed by atoms with E-state index in [1.807, 2.05) is 4.90 Å². The zero-order valence-electron chi connectivity index (χ0n) is 16.6. The van der Waals surface area contributed by atoms with Crippen molar-refractivity contribution in [3.05, 3.63) is 29.8 Å². The molecule has 1 unspecified atom stereocenters. The SMILES string of the molecule is CN(C)S(=O)(=O)c1ccc(CNC(=O)C2CC(=O)N(C3CCCCC3)C2)cc1. The predicted octanol–water partition coefficient (Wildman–Crippen LogP) is 1.73. The predicted molar refractivity (Wildman–Crippen MR) is 106 cm³/mol. The molecule has 0 bridgehead atoms. The standard InChI is InChI=1S/C20H29N3O4S/c1-22(2)28(26,27)18-10-8-15(9-11-18)13-21-20(25)16-12-19(24)23(14-16)17-6-4-3-5-7-17/h8-11,16-17H,3-7,12-14H2,1-2H3,(H,21,25). The molecule has 2 amide bonds. The average Bonchev–Trinajstić information content (AvgIpc) is 3.09. The van der Waals surface area contributed by atoms with Crippen LogP contribution in [0.3, 0.4) is 0 Å². The van der Waals surface area contributed by atoms with Crippen molar-refractivity contribution in [3.63, 3.8) is 0 Å². The van der Waals surface area contributed by atoms with Crippen LogP contribution in [0.2, 0.25) is 0 Å². The summed E-state index contributed by atoms with van der Waals surface area (Å²) >= 11 is 0. The molecule has 2 aliphatic rings. The zero-order valence-corrected chi connectivity index (χ0v) is 17.4. The van der Waals surface area contributed by atoms with Crippen molar-refractivity contribution in [3.8, 4) is 0 Å². The van der Waals surface area contributed by atoms with Crippen molar-refractivity contribution < 1.29 is 18.0 Å². The Labute approximate surface area is 167 Å². The van der Waals surface area contributed by atoms with Gasteiger partial charge in [0.1, 0.15) is 0 Å². The Hall–Kier alpha value is -1.93. The molecule has 1 saturated carbocycles. The minimum atomic E-state index is -3.46. The van der Waals surface area contributed by atoms with Gasteiger partial charge in [0.15, 0.2) is 0 Å². The van der Waals surface area contributed by atoms with Crippen LogP contribution in [0.4, 0.5) is 0 Å². The highest BCUT2D eigenvalue weighted by Crippen LogP contribution is 2.28. The summed E-state index contributed by atoms with van der Waals surface area (Å²) in [7, 11) is -0.480. The molecule has 3 rings (SSSR count). The third-order valence-corrected chi connectivity index (χ3v) is 7.54. The van der Waals surface area contributed by atoms with Crippen LogP contribution in [0.5, 0.6) is 0 Å². The fraction of sp³-hybridized carbons (Fsp3) is 0.600. The fourth-order valence-electron chi connectivity index (χ4n) is 3.98. The van der Waals surface area contributed by atoms with Gasteiger partial charge in [0.25, 0.3) is 0 Å². The quantitative estimate of drug-likeness (QED) is 0.778. The molecule has 0 aromatic heterocycles. The minimum Gasteiger partial charge on any atom is -0.352 e. The van der Waals surface area contributed by atoms with Crippen LogP contribution in [0.1, 0.15) is 44.1 Å². The summed E-state index contributed by atoms with van der Waals surface area (Å²) in [5.41, 5.74) is 0.819. The molecular formula is C20H29N3O4S. The molecule has 1 N–H and O–H groups in total. The Bertz CT molecular complexity index is 814. The van der Waals surface area contributed by atoms with Gasteiger partial charge in [0, 0.05) is 39.6 Å². The van der Waals surface area contributed by atoms with Gasteiger partial charge in [-0.25, -0.2) is 12.7 Å². The molecule has 1 aromatic carbocycles. The number of amides is 2. The third-order valence-electron chi connectivity index (χ3n) is 5.71. The van der Waals surface area contributed by atoms with Crippen molar-refractivity contribution in [2.45, 2.75) is 56.0 Å². The highest BCUT2D eigenvalue weighted by atomic mass is 32.2. The molecule has 1 aliphatic heterocycles. The number of sulfonamides is 1. The van der Waals surface area contributed by atoms with Gasteiger partial charge in [-0.2, -0.15) is 0 Å². The van der Waals surface area contributed by atoms with E-state index in [-0.39, 0.29) is 29.0 Å². The molecule has 7 nitrogen and oxygen atoms in total. The van der Waals surface area contributed by atoms with Crippen molar-refractivity contribution in [1.82, 2.24) is 14.5 Å². The molecule has 1 aliphatic carbocycles. The maximum absolute atomic E-state index is 12.5. The lowest BCUT2D eigenvalue weighted by Gasteiger charge is -2.31. The lowest BCUT2D eigenvalue weighted by atomic mass is 9.94. The molecule has 1 saturated heterocycles. The van der Waals surface area contributed by atoms with Crippen molar-refractivity contribution in [2.75, 3.05) is 20.6 Å². The Morgan fingerprint density at radius 3 is 2.39 bits per heavy atom. The van der Waals surface area contributed by atoms with Crippen molar-refractivity contribution in [1.29, 1.82) is 0 Å². The van der Waals surface area contributed by atoms with Gasteiger partial charge in [-0.05, 0) is 30.5 Å². The molecule has 8 heteroatoms. The molecule has 1 atom stereocenters. The summed E-state index contributed by atoms with van der Waals surface area (Å²) in [6, 6.07) is 6.78. The lowest BCUT2D eigenvalue weighted by Crippen LogP contribution is -2.39. The van der Waals surface area contributed by atoms with E-state index < -0.39 is 10.0 Å². The van der Waals surface area contributed by atoms with E-state index in [2.05, 4.69) is 5.32 Å². The number of carbonyl (C=O) groups excluding carboxylic acids is 2. The number of benzene rings is 1. The molecule has 0 radical (unpaired) electrons. The molecule has 0 spiro atoms. The van der Waals surface area contributed by atoms with Gasteiger partial charge in [-0.15, -0.1) is 0 Å². The summed E-state index contributed by atoms with van der Waals surface area (Å²) in [4.78, 5) is 27.0. The summed E-state index contributed by atoms with van der Waals surface area (Å²) < 4.78 is 25.4. The zero-order chi connectivity index (χ0) is 20.3. The minimum absolute atomic E-state index is 0.0882. The Kier molecular flexibility index (Phi) is 6.40. The molecule has 1 heterocycles. The maximum atomic E-state index is 12.5. The second kappa shape index (κ2) is 8.61. The van der Waals surface area contributed by atoms with Crippen LogP contribution in [-0.2, 0) is 26.2 Å². The lowest BCUT2D eigenvalue weighted by molar-refractivity contribution is -0.130. The number of rotatable bonds is 6. The van der Waals surface area contributed by atoms with Gasteiger partial charge >= 0.3 is 0 Å². The summed E-state index contributed by atoms with van der Waals surface area (Å²) in [5.74, 6) is -0.329. The second-order valence-corrected chi connectivity index (χ2v) is 10.0. The summed E-state index contributed by atoms with van der Waals surface area (Å²) in [5, 5.41) is 2.89. The van der Waals surface area contributed by atoms with E-state index in [1.54, 1.807) is 24.3 Å². The van der Waals surface area contributed by atoms with E-state index >= 15 is 0 Å². The number of nitrogens with zero attached hydrogens (tertiary/aromatic N) is 2. The highest BCUT2D eigenvalue weighted by molar-refractivity contribution is 7.89. The van der Waals surface area contributed by atoms with E-state index in [0.717, 1.165) is 31.2 Å². The van der Waals surface area contributed by atoms with Crippen LogP contribution in [0.25, 0.3) is 0 Å². The first-order valence-corrected chi connectivity index (χ1v) is 11.3. The number of carbonyl (C=O) groups is 2. The number of nitrogens with one attached hydrogen (secondary N) is 1. The average molecular weight is 408 g/mol. The van der Waals surface area contributed by atoms with Crippen LogP contribution < -0.4 is 5.32 Å². The third kappa shape index (κ3) is 4.55. The number of hydrogen-bond acceptors (Lipinski definition) is 4. The molecule has 2 fully saturated rings. The largest absolute Gasteiger partial charge is 0.352 e. The van der Waals surface area contributed by atoms with Crippen LogP contribution >= 0.6 is 0 Å². The fourth-order valence-corrected chi connectivity index (χ4v) is 4.88. The number of hydrogen-bond donors (Lipinski definition) is 1. The van der Waals surface area contributed by atoms with Crippen molar-refractivity contribution in [2.24, 2.45) is 5.92 Å². The Morgan fingerprint density at radius 2 is 1.79 bits per heavy atom. The van der Waals surface area contributed by atoms with Crippen LogP contribution in [0.15, 0.2) is 29.2 Å². The molecule has 154 valence electrons. The van der Waals surface area contributed by atoms with Gasteiger partial charge in [-0.1, -0.05) is 31.4 Å². The van der Waals surface area contributed by atoms with Crippen molar-refractivity contribution >= 4 is 21.8 Å². The molecule has 28 heavy (non-hydrogen) atoms. The first kappa shape index (κ1) is 20.8. The summed E-state index contributed by atoms with van der Waals surface area (Å²) in [6.45, 7) is 0.824. The summed E-state index contributed by atoms with van der Waals surface area (Å²) in [6.07, 6.45) is 5.92. The van der Waals surface area contributed by atoms with Gasteiger partial charge in [0.2, 0.25) is 21.8 Å². The maximum Gasteiger partial charge on any atom is 0.242 e. The first-order valence-electron chi connectivity index (χ1n) is 9.87. The highest BCUT2D eigenvalue weighted by Gasteiger charge is 2.37. The van der Waals surface area contributed by atoms with E-state index in [4.69, 9.17) is 0 Å². The van der Waals surface area contributed by atoms with E-state index in [1.165, 1.54) is 24.8 Å². The van der Waals surface area contributed by atoms with Gasteiger partial charge in [-0.3, -0.25) is 9.59 Å². The number of likely N-dealkylation sites (tertiary alicyclic amines) is 1. The smallest absolute Gasteiger partial charge is 0.242 e. The van der Waals surface area contributed by atoms with E-state index in [9.17, 15) is 18.0 Å². The normalized spacial score (nSPS) is 21.3. The topological polar surface area (TPSA) is 86.8 Å². The first-order chi connectivity index (χ1) is 13.3. The Balaban J connectivity index is 1.54. The van der Waals surface area contributed by atoms with E-state index in [0.29, 0.717) is 19.1 Å². The monoisotopic (exact) mass is 407 g/mol. The van der Waals surface area contributed by atoms with Crippen LogP contribution in [0, 0.1) is 5.92 Å². The van der Waals surface area contributed by atoms with Gasteiger partial charge in [0.05, 0.1) is 10.8 Å². The van der Waals surface area contributed by atoms with Crippen LogP contribution in [-0.4, -0.2) is 56.1 Å². The Morgan fingerprint density at radius 1 is 1.14 bits per heavy atom. The second-order valence-electron chi connectivity index (χ2n) is 7.89. The molecule has 1 aromatic rings. The van der Waals surface area contributed by atoms with Gasteiger partial charge < -0.3 is 10.2 Å².